The maximum atomic E-state index is 12.3. The van der Waals surface area contributed by atoms with E-state index in [-0.39, 0.29) is 17.4 Å². The van der Waals surface area contributed by atoms with Crippen LogP contribution in [-0.2, 0) is 16.1 Å². The minimum absolute atomic E-state index is 0.0182. The number of carbonyl (C=O) groups excluding carboxylic acids is 1. The van der Waals surface area contributed by atoms with Crippen molar-refractivity contribution in [1.29, 1.82) is 0 Å². The summed E-state index contributed by atoms with van der Waals surface area (Å²) in [5.41, 5.74) is 7.13. The second kappa shape index (κ2) is 9.04. The molecule has 0 spiro atoms. The maximum absolute atomic E-state index is 12.3. The maximum Gasteiger partial charge on any atom is 0.220 e. The first-order valence-corrected chi connectivity index (χ1v) is 8.75. The number of amides is 1. The number of nitrogens with one attached hydrogen (secondary N) is 1. The zero-order chi connectivity index (χ0) is 16.5. The predicted octanol–water partition coefficient (Wildman–Crippen LogP) is 3.01. The van der Waals surface area contributed by atoms with Crippen molar-refractivity contribution in [2.24, 2.45) is 11.1 Å². The number of nitrogens with two attached hydrogens (primary N) is 1. The molecule has 1 saturated carbocycles. The third kappa shape index (κ3) is 5.96. The summed E-state index contributed by atoms with van der Waals surface area (Å²) in [7, 11) is 0. The van der Waals surface area contributed by atoms with Gasteiger partial charge in [-0.05, 0) is 37.3 Å². The van der Waals surface area contributed by atoms with Crippen LogP contribution in [0.4, 0.5) is 0 Å². The predicted molar refractivity (Wildman–Crippen MR) is 92.9 cm³/mol. The second-order valence-corrected chi connectivity index (χ2v) is 6.91. The standard InChI is InChI=1S/C19H30N2O2/c1-16(13-23-14-17-8-4-2-5-9-17)21-18(22)12-19(15-20)10-6-3-7-11-19/h2,4-5,8-9,16H,3,6-7,10-15,20H2,1H3,(H,21,22). The van der Waals surface area contributed by atoms with Crippen molar-refractivity contribution in [2.45, 2.75) is 58.1 Å². The number of rotatable bonds is 8. The zero-order valence-corrected chi connectivity index (χ0v) is 14.2. The van der Waals surface area contributed by atoms with E-state index in [0.717, 1.165) is 18.4 Å². The van der Waals surface area contributed by atoms with Crippen molar-refractivity contribution in [1.82, 2.24) is 5.32 Å². The van der Waals surface area contributed by atoms with Crippen LogP contribution in [0.5, 0.6) is 0 Å². The zero-order valence-electron chi connectivity index (χ0n) is 14.2. The van der Waals surface area contributed by atoms with Gasteiger partial charge in [-0.25, -0.2) is 0 Å². The fraction of sp³-hybridized carbons (Fsp3) is 0.632. The molecule has 2 rings (SSSR count). The molecule has 1 unspecified atom stereocenters. The number of hydrogen-bond donors (Lipinski definition) is 2. The van der Waals surface area contributed by atoms with Crippen molar-refractivity contribution < 1.29 is 9.53 Å². The van der Waals surface area contributed by atoms with Gasteiger partial charge in [0, 0.05) is 12.5 Å². The highest BCUT2D eigenvalue weighted by Crippen LogP contribution is 2.38. The van der Waals surface area contributed by atoms with E-state index in [1.807, 2.05) is 37.3 Å². The lowest BCUT2D eigenvalue weighted by molar-refractivity contribution is -0.125. The van der Waals surface area contributed by atoms with E-state index < -0.39 is 0 Å². The highest BCUT2D eigenvalue weighted by Gasteiger charge is 2.33. The van der Waals surface area contributed by atoms with Gasteiger partial charge < -0.3 is 15.8 Å². The van der Waals surface area contributed by atoms with Crippen LogP contribution in [0.1, 0.15) is 51.0 Å². The van der Waals surface area contributed by atoms with Crippen molar-refractivity contribution >= 4 is 5.91 Å². The van der Waals surface area contributed by atoms with Crippen molar-refractivity contribution in [3.63, 3.8) is 0 Å². The van der Waals surface area contributed by atoms with E-state index in [0.29, 0.717) is 26.2 Å². The van der Waals surface area contributed by atoms with Gasteiger partial charge >= 0.3 is 0 Å². The molecule has 1 aromatic rings. The summed E-state index contributed by atoms with van der Waals surface area (Å²) in [6.45, 7) is 3.70. The molecule has 0 aliphatic heterocycles. The minimum atomic E-state index is 0.0182. The van der Waals surface area contributed by atoms with E-state index in [9.17, 15) is 4.79 Å². The molecule has 0 bridgehead atoms. The van der Waals surface area contributed by atoms with Gasteiger partial charge in [-0.1, -0.05) is 49.6 Å². The van der Waals surface area contributed by atoms with E-state index >= 15 is 0 Å². The van der Waals surface area contributed by atoms with Crippen LogP contribution in [0.25, 0.3) is 0 Å². The first-order chi connectivity index (χ1) is 11.1. The fourth-order valence-corrected chi connectivity index (χ4v) is 3.39. The van der Waals surface area contributed by atoms with E-state index in [2.05, 4.69) is 5.32 Å². The Labute approximate surface area is 139 Å². The normalized spacial score (nSPS) is 18.3. The Kier molecular flexibility index (Phi) is 7.06. The van der Waals surface area contributed by atoms with Crippen LogP contribution in [0.3, 0.4) is 0 Å². The number of ether oxygens (including phenoxy) is 1. The molecule has 0 radical (unpaired) electrons. The first kappa shape index (κ1) is 18.0. The Hall–Kier alpha value is -1.39. The van der Waals surface area contributed by atoms with Crippen molar-refractivity contribution in [3.8, 4) is 0 Å². The summed E-state index contributed by atoms with van der Waals surface area (Å²) in [6.07, 6.45) is 6.37. The van der Waals surface area contributed by atoms with Crippen LogP contribution >= 0.6 is 0 Å². The van der Waals surface area contributed by atoms with Gasteiger partial charge in [0.15, 0.2) is 0 Å². The summed E-state index contributed by atoms with van der Waals surface area (Å²) in [5, 5.41) is 3.05. The molecule has 3 N–H and O–H groups in total. The summed E-state index contributed by atoms with van der Waals surface area (Å²) in [4.78, 5) is 12.3. The Morgan fingerprint density at radius 2 is 1.96 bits per heavy atom. The Morgan fingerprint density at radius 3 is 2.61 bits per heavy atom. The highest BCUT2D eigenvalue weighted by atomic mass is 16.5. The summed E-state index contributed by atoms with van der Waals surface area (Å²) >= 11 is 0. The lowest BCUT2D eigenvalue weighted by Crippen LogP contribution is -2.42. The molecular formula is C19H30N2O2. The molecule has 1 amide bonds. The van der Waals surface area contributed by atoms with Crippen LogP contribution in [-0.4, -0.2) is 25.1 Å². The van der Waals surface area contributed by atoms with Crippen LogP contribution in [0.2, 0.25) is 0 Å². The van der Waals surface area contributed by atoms with Gasteiger partial charge in [0.2, 0.25) is 5.91 Å². The topological polar surface area (TPSA) is 64.3 Å². The van der Waals surface area contributed by atoms with Crippen LogP contribution in [0, 0.1) is 5.41 Å². The Bertz CT molecular complexity index is 470. The van der Waals surface area contributed by atoms with Gasteiger partial charge in [-0.3, -0.25) is 4.79 Å². The highest BCUT2D eigenvalue weighted by molar-refractivity contribution is 5.77. The average molecular weight is 318 g/mol. The molecule has 0 heterocycles. The van der Waals surface area contributed by atoms with Gasteiger partial charge in [0.1, 0.15) is 0 Å². The third-order valence-corrected chi connectivity index (χ3v) is 4.77. The molecule has 4 heteroatoms. The minimum Gasteiger partial charge on any atom is -0.375 e. The molecule has 0 aromatic heterocycles. The average Bonchev–Trinajstić information content (AvgIpc) is 2.56. The van der Waals surface area contributed by atoms with Crippen molar-refractivity contribution in [3.05, 3.63) is 35.9 Å². The van der Waals surface area contributed by atoms with Gasteiger partial charge in [0.25, 0.3) is 0 Å². The Balaban J connectivity index is 1.69. The number of carbonyl (C=O) groups is 1. The Morgan fingerprint density at radius 1 is 1.26 bits per heavy atom. The monoisotopic (exact) mass is 318 g/mol. The van der Waals surface area contributed by atoms with E-state index in [4.69, 9.17) is 10.5 Å². The number of hydrogen-bond acceptors (Lipinski definition) is 3. The summed E-state index contributed by atoms with van der Waals surface area (Å²) < 4.78 is 5.68. The van der Waals surface area contributed by atoms with Crippen LogP contribution < -0.4 is 11.1 Å². The lowest BCUT2D eigenvalue weighted by Gasteiger charge is -2.36. The van der Waals surface area contributed by atoms with E-state index in [1.54, 1.807) is 0 Å². The third-order valence-electron chi connectivity index (χ3n) is 4.77. The van der Waals surface area contributed by atoms with Crippen LogP contribution in [0.15, 0.2) is 30.3 Å². The first-order valence-electron chi connectivity index (χ1n) is 8.75. The molecule has 0 saturated heterocycles. The largest absolute Gasteiger partial charge is 0.375 e. The smallest absolute Gasteiger partial charge is 0.220 e. The number of benzene rings is 1. The van der Waals surface area contributed by atoms with Gasteiger partial charge in [-0.15, -0.1) is 0 Å². The molecule has 1 aliphatic carbocycles. The summed E-state index contributed by atoms with van der Waals surface area (Å²) in [5.74, 6) is 0.105. The molecule has 1 aliphatic rings. The quantitative estimate of drug-likeness (QED) is 0.774. The molecule has 4 nitrogen and oxygen atoms in total. The SMILES string of the molecule is CC(COCc1ccccc1)NC(=O)CC1(CN)CCCCC1. The molecule has 128 valence electrons. The molecular weight excluding hydrogens is 288 g/mol. The molecule has 1 atom stereocenters. The van der Waals surface area contributed by atoms with Crippen molar-refractivity contribution in [2.75, 3.05) is 13.2 Å². The summed E-state index contributed by atoms with van der Waals surface area (Å²) in [6, 6.07) is 10.1. The lowest BCUT2D eigenvalue weighted by atomic mass is 9.71. The van der Waals surface area contributed by atoms with E-state index in [1.165, 1.54) is 19.3 Å². The van der Waals surface area contributed by atoms with Gasteiger partial charge in [0.05, 0.1) is 13.2 Å². The second-order valence-electron chi connectivity index (χ2n) is 6.91. The molecule has 1 fully saturated rings. The fourth-order valence-electron chi connectivity index (χ4n) is 3.39. The molecule has 1 aromatic carbocycles. The molecule has 23 heavy (non-hydrogen) atoms. The van der Waals surface area contributed by atoms with Gasteiger partial charge in [-0.2, -0.15) is 0 Å².